The lowest BCUT2D eigenvalue weighted by Gasteiger charge is -2.16. The minimum Gasteiger partial charge on any atom is -0.440 e. The predicted octanol–water partition coefficient (Wildman–Crippen LogP) is 5.59. The van der Waals surface area contributed by atoms with Crippen molar-refractivity contribution in [3.63, 3.8) is 0 Å². The molecule has 0 radical (unpaired) electrons. The van der Waals surface area contributed by atoms with Gasteiger partial charge in [-0.2, -0.15) is 11.8 Å². The number of aromatic nitrogens is 4. The van der Waals surface area contributed by atoms with Crippen LogP contribution in [0.15, 0.2) is 89.5 Å². The number of oxazole rings is 1. The number of carbonyl (C=O) groups is 1. The molecule has 2 aromatic carbocycles. The van der Waals surface area contributed by atoms with E-state index in [4.69, 9.17) is 9.40 Å². The molecule has 182 valence electrons. The Morgan fingerprint density at radius 2 is 1.69 bits per heavy atom. The van der Waals surface area contributed by atoms with Gasteiger partial charge in [0.25, 0.3) is 0 Å². The third kappa shape index (κ3) is 5.33. The molecular weight excluding hydrogens is 470 g/mol. The average Bonchev–Trinajstić information content (AvgIpc) is 3.56. The molecule has 0 aliphatic carbocycles. The summed E-state index contributed by atoms with van der Waals surface area (Å²) >= 11 is 1.74. The maximum Gasteiger partial charge on any atom is 0.221 e. The number of pyridine rings is 1. The van der Waals surface area contributed by atoms with Gasteiger partial charge in [0.1, 0.15) is 5.69 Å². The van der Waals surface area contributed by atoms with Gasteiger partial charge in [-0.1, -0.05) is 66.7 Å². The van der Waals surface area contributed by atoms with Crippen LogP contribution in [0.4, 0.5) is 0 Å². The van der Waals surface area contributed by atoms with Crippen LogP contribution in [0.2, 0.25) is 0 Å². The van der Waals surface area contributed by atoms with Crippen LogP contribution in [0.5, 0.6) is 0 Å². The van der Waals surface area contributed by atoms with Gasteiger partial charge < -0.3 is 9.73 Å². The predicted molar refractivity (Wildman–Crippen MR) is 143 cm³/mol. The van der Waals surface area contributed by atoms with E-state index in [1.807, 2.05) is 89.5 Å². The van der Waals surface area contributed by atoms with Crippen LogP contribution in [-0.2, 0) is 11.2 Å². The highest BCUT2D eigenvalue weighted by atomic mass is 32.2. The second kappa shape index (κ2) is 11.2. The van der Waals surface area contributed by atoms with Crippen molar-refractivity contribution in [1.29, 1.82) is 0 Å². The molecule has 5 aromatic rings. The van der Waals surface area contributed by atoms with Crippen molar-refractivity contribution >= 4 is 23.3 Å². The Kier molecular flexibility index (Phi) is 7.42. The van der Waals surface area contributed by atoms with E-state index in [0.717, 1.165) is 40.5 Å². The number of carbonyl (C=O) groups excluding carboxylic acids is 1. The van der Waals surface area contributed by atoms with E-state index >= 15 is 0 Å². The molecule has 0 fully saturated rings. The maximum atomic E-state index is 13.0. The lowest BCUT2D eigenvalue weighted by atomic mass is 10.1. The second-order valence-corrected chi connectivity index (χ2v) is 9.39. The van der Waals surface area contributed by atoms with Gasteiger partial charge in [0.15, 0.2) is 23.1 Å². The van der Waals surface area contributed by atoms with Crippen LogP contribution in [0.1, 0.15) is 30.6 Å². The zero-order valence-electron chi connectivity index (χ0n) is 20.0. The molecule has 1 N–H and O–H groups in total. The first-order chi connectivity index (χ1) is 17.7. The zero-order chi connectivity index (χ0) is 24.7. The van der Waals surface area contributed by atoms with E-state index in [1.54, 1.807) is 11.8 Å². The standard InChI is InChI=1S/C28H27N5O2S/c1-36-19-17-22(28-32-31-23-14-8-9-18-33(23)28)29-24(34)15-16-25-30-26(20-10-4-2-5-11-20)27(35-25)21-12-6-3-7-13-21/h2-14,18,22H,15-17,19H2,1H3,(H,29,34). The molecule has 8 heteroatoms. The Morgan fingerprint density at radius 1 is 0.972 bits per heavy atom. The number of nitrogens with zero attached hydrogens (tertiary/aromatic N) is 4. The highest BCUT2D eigenvalue weighted by Gasteiger charge is 2.21. The zero-order valence-corrected chi connectivity index (χ0v) is 20.8. The summed E-state index contributed by atoms with van der Waals surface area (Å²) in [6, 6.07) is 25.4. The first kappa shape index (κ1) is 23.8. The molecule has 0 aliphatic rings. The molecule has 0 saturated carbocycles. The second-order valence-electron chi connectivity index (χ2n) is 8.41. The number of hydrogen-bond acceptors (Lipinski definition) is 6. The smallest absolute Gasteiger partial charge is 0.221 e. The fourth-order valence-electron chi connectivity index (χ4n) is 4.13. The number of benzene rings is 2. The molecular formula is C28H27N5O2S. The number of hydrogen-bond donors (Lipinski definition) is 1. The summed E-state index contributed by atoms with van der Waals surface area (Å²) in [5, 5.41) is 11.8. The molecule has 36 heavy (non-hydrogen) atoms. The first-order valence-electron chi connectivity index (χ1n) is 11.9. The van der Waals surface area contributed by atoms with Crippen LogP contribution in [-0.4, -0.2) is 37.5 Å². The fourth-order valence-corrected chi connectivity index (χ4v) is 4.61. The van der Waals surface area contributed by atoms with Gasteiger partial charge in [-0.15, -0.1) is 10.2 Å². The summed E-state index contributed by atoms with van der Waals surface area (Å²) in [5.74, 6) is 2.81. The molecule has 1 atom stereocenters. The molecule has 3 heterocycles. The summed E-state index contributed by atoms with van der Waals surface area (Å²) in [7, 11) is 0. The Bertz CT molecular complexity index is 1380. The molecule has 3 aromatic heterocycles. The van der Waals surface area contributed by atoms with E-state index in [2.05, 4.69) is 21.8 Å². The average molecular weight is 498 g/mol. The summed E-state index contributed by atoms with van der Waals surface area (Å²) in [4.78, 5) is 17.8. The van der Waals surface area contributed by atoms with Gasteiger partial charge in [0.05, 0.1) is 6.04 Å². The van der Waals surface area contributed by atoms with E-state index in [9.17, 15) is 4.79 Å². The molecule has 0 saturated heterocycles. The van der Waals surface area contributed by atoms with Gasteiger partial charge in [0, 0.05) is 30.2 Å². The van der Waals surface area contributed by atoms with Gasteiger partial charge >= 0.3 is 0 Å². The van der Waals surface area contributed by atoms with Crippen molar-refractivity contribution in [2.75, 3.05) is 12.0 Å². The highest BCUT2D eigenvalue weighted by Crippen LogP contribution is 2.33. The molecule has 1 unspecified atom stereocenters. The number of aryl methyl sites for hydroxylation is 1. The highest BCUT2D eigenvalue weighted by molar-refractivity contribution is 7.98. The molecule has 0 spiro atoms. The minimum atomic E-state index is -0.230. The molecule has 0 bridgehead atoms. The normalized spacial score (nSPS) is 12.0. The van der Waals surface area contributed by atoms with Crippen molar-refractivity contribution in [1.82, 2.24) is 24.9 Å². The van der Waals surface area contributed by atoms with E-state index in [-0.39, 0.29) is 18.4 Å². The minimum absolute atomic E-state index is 0.0745. The number of fused-ring (bicyclic) bond motifs is 1. The number of rotatable bonds is 10. The van der Waals surface area contributed by atoms with Crippen molar-refractivity contribution in [3.05, 3.63) is 96.8 Å². The molecule has 1 amide bonds. The van der Waals surface area contributed by atoms with Gasteiger partial charge in [-0.3, -0.25) is 9.20 Å². The summed E-state index contributed by atoms with van der Waals surface area (Å²) in [5.41, 5.74) is 3.48. The van der Waals surface area contributed by atoms with Gasteiger partial charge in [0.2, 0.25) is 5.91 Å². The van der Waals surface area contributed by atoms with Crippen LogP contribution >= 0.6 is 11.8 Å². The van der Waals surface area contributed by atoms with E-state index < -0.39 is 0 Å². The largest absolute Gasteiger partial charge is 0.440 e. The fraction of sp³-hybridized carbons (Fsp3) is 0.214. The van der Waals surface area contributed by atoms with Crippen LogP contribution in [0, 0.1) is 0 Å². The number of amides is 1. The van der Waals surface area contributed by atoms with E-state index in [1.165, 1.54) is 0 Å². The quantitative estimate of drug-likeness (QED) is 0.271. The number of thioether (sulfide) groups is 1. The molecule has 0 aliphatic heterocycles. The third-order valence-electron chi connectivity index (χ3n) is 5.92. The van der Waals surface area contributed by atoms with Crippen molar-refractivity contribution in [2.24, 2.45) is 0 Å². The van der Waals surface area contributed by atoms with Gasteiger partial charge in [-0.25, -0.2) is 4.98 Å². The molecule has 7 nitrogen and oxygen atoms in total. The summed E-state index contributed by atoms with van der Waals surface area (Å²) in [6.07, 6.45) is 5.39. The first-order valence-corrected chi connectivity index (χ1v) is 13.3. The van der Waals surface area contributed by atoms with Gasteiger partial charge in [-0.05, 0) is 30.6 Å². The Labute approximate surface area is 214 Å². The lowest BCUT2D eigenvalue weighted by Crippen LogP contribution is -2.30. The summed E-state index contributed by atoms with van der Waals surface area (Å²) in [6.45, 7) is 0. The monoisotopic (exact) mass is 497 g/mol. The number of nitrogens with one attached hydrogen (secondary N) is 1. The SMILES string of the molecule is CSCCC(NC(=O)CCc1nc(-c2ccccc2)c(-c2ccccc2)o1)c1nnc2ccccn12. The molecule has 5 rings (SSSR count). The third-order valence-corrected chi connectivity index (χ3v) is 6.56. The van der Waals surface area contributed by atoms with Crippen molar-refractivity contribution in [3.8, 4) is 22.6 Å². The lowest BCUT2D eigenvalue weighted by molar-refractivity contribution is -0.122. The Hall–Kier alpha value is -3.91. The van der Waals surface area contributed by atoms with Crippen LogP contribution in [0.3, 0.4) is 0 Å². The van der Waals surface area contributed by atoms with E-state index in [0.29, 0.717) is 18.1 Å². The van der Waals surface area contributed by atoms with Crippen LogP contribution < -0.4 is 5.32 Å². The van der Waals surface area contributed by atoms with Crippen molar-refractivity contribution in [2.45, 2.75) is 25.3 Å². The maximum absolute atomic E-state index is 13.0. The topological polar surface area (TPSA) is 85.3 Å². The summed E-state index contributed by atoms with van der Waals surface area (Å²) < 4.78 is 8.11. The Morgan fingerprint density at radius 3 is 2.44 bits per heavy atom. The van der Waals surface area contributed by atoms with Crippen LogP contribution in [0.25, 0.3) is 28.2 Å². The van der Waals surface area contributed by atoms with Crippen molar-refractivity contribution < 1.29 is 9.21 Å². The Balaban J connectivity index is 1.33.